The summed E-state index contributed by atoms with van der Waals surface area (Å²) in [5.41, 5.74) is 9.38. The summed E-state index contributed by atoms with van der Waals surface area (Å²) in [5, 5.41) is 4.41. The van der Waals surface area contributed by atoms with Gasteiger partial charge in [-0.15, -0.1) is 0 Å². The molecule has 104 valence electrons. The molecule has 0 radical (unpaired) electrons. The van der Waals surface area contributed by atoms with E-state index in [1.807, 2.05) is 48.5 Å². The minimum atomic E-state index is 0.335. The average molecular weight is 405 g/mol. The number of nitrogens with two attached hydrogens (primary N) is 1. The van der Waals surface area contributed by atoms with Crippen LogP contribution in [0.1, 0.15) is 5.56 Å². The molecule has 0 aliphatic carbocycles. The van der Waals surface area contributed by atoms with E-state index in [4.69, 9.17) is 18.0 Å². The Balaban J connectivity index is 2.16. The summed E-state index contributed by atoms with van der Waals surface area (Å²) in [7, 11) is 0. The van der Waals surface area contributed by atoms with Crippen LogP contribution in [0.5, 0.6) is 0 Å². The molecule has 0 saturated carbocycles. The number of hydrogen-bond acceptors (Lipinski definition) is 3. The summed E-state index contributed by atoms with van der Waals surface area (Å²) < 4.78 is 1.19. The first-order valence-corrected chi connectivity index (χ1v) is 7.84. The third-order valence-corrected chi connectivity index (χ3v) is 4.09. The number of halogens is 1. The Morgan fingerprint density at radius 1 is 1.10 bits per heavy atom. The van der Waals surface area contributed by atoms with Gasteiger partial charge in [0.15, 0.2) is 0 Å². The van der Waals surface area contributed by atoms with Crippen molar-refractivity contribution >= 4 is 62.1 Å². The number of para-hydroxylation sites is 1. The van der Waals surface area contributed by atoms with Gasteiger partial charge in [-0.3, -0.25) is 4.98 Å². The van der Waals surface area contributed by atoms with Crippen LogP contribution in [0.3, 0.4) is 0 Å². The predicted octanol–water partition coefficient (Wildman–Crippen LogP) is 4.22. The fourth-order valence-corrected chi connectivity index (χ4v) is 2.65. The van der Waals surface area contributed by atoms with Crippen molar-refractivity contribution < 1.29 is 0 Å². The number of anilines is 2. The number of aromatic nitrogens is 1. The Morgan fingerprint density at radius 2 is 1.81 bits per heavy atom. The molecule has 0 fully saturated rings. The lowest BCUT2D eigenvalue weighted by atomic mass is 10.1. The minimum Gasteiger partial charge on any atom is -0.389 e. The molecular weight excluding hydrogens is 393 g/mol. The SMILES string of the molecule is NC(=S)c1cnc2ccccc2c1Nc1ccc(I)cc1. The quantitative estimate of drug-likeness (QED) is 0.506. The van der Waals surface area contributed by atoms with Crippen LogP contribution in [0.15, 0.2) is 54.7 Å². The number of fused-ring (bicyclic) bond motifs is 1. The maximum absolute atomic E-state index is 5.83. The number of hydrogen-bond donors (Lipinski definition) is 2. The van der Waals surface area contributed by atoms with Gasteiger partial charge in [0.25, 0.3) is 0 Å². The van der Waals surface area contributed by atoms with Gasteiger partial charge in [-0.2, -0.15) is 0 Å². The van der Waals surface area contributed by atoms with Crippen molar-refractivity contribution in [2.75, 3.05) is 5.32 Å². The van der Waals surface area contributed by atoms with Crippen LogP contribution in [0.4, 0.5) is 11.4 Å². The van der Waals surface area contributed by atoms with Gasteiger partial charge in [-0.05, 0) is 52.9 Å². The van der Waals surface area contributed by atoms with Crippen molar-refractivity contribution in [3.05, 3.63) is 63.9 Å². The molecule has 0 bridgehead atoms. The molecule has 5 heteroatoms. The number of thiocarbonyl (C=S) groups is 1. The smallest absolute Gasteiger partial charge is 0.107 e. The Morgan fingerprint density at radius 3 is 2.52 bits per heavy atom. The lowest BCUT2D eigenvalue weighted by Gasteiger charge is -2.14. The summed E-state index contributed by atoms with van der Waals surface area (Å²) in [4.78, 5) is 4.74. The Kier molecular flexibility index (Phi) is 4.03. The second-order valence-electron chi connectivity index (χ2n) is 4.56. The van der Waals surface area contributed by atoms with E-state index in [2.05, 4.69) is 32.9 Å². The summed E-state index contributed by atoms with van der Waals surface area (Å²) in [5.74, 6) is 0. The maximum atomic E-state index is 5.83. The van der Waals surface area contributed by atoms with Crippen LogP contribution in [-0.2, 0) is 0 Å². The molecule has 3 N–H and O–H groups in total. The number of nitrogens with zero attached hydrogens (tertiary/aromatic N) is 1. The van der Waals surface area contributed by atoms with Crippen molar-refractivity contribution in [2.45, 2.75) is 0 Å². The molecule has 3 rings (SSSR count). The molecule has 0 aliphatic heterocycles. The number of nitrogens with one attached hydrogen (secondary N) is 1. The van der Waals surface area contributed by atoms with Gasteiger partial charge >= 0.3 is 0 Å². The van der Waals surface area contributed by atoms with E-state index < -0.39 is 0 Å². The minimum absolute atomic E-state index is 0.335. The van der Waals surface area contributed by atoms with Gasteiger partial charge in [0.05, 0.1) is 16.8 Å². The Labute approximate surface area is 141 Å². The largest absolute Gasteiger partial charge is 0.389 e. The molecule has 1 aromatic heterocycles. The van der Waals surface area contributed by atoms with Crippen molar-refractivity contribution in [3.8, 4) is 0 Å². The lowest BCUT2D eigenvalue weighted by Crippen LogP contribution is -2.12. The molecular formula is C16H12IN3S. The third-order valence-electron chi connectivity index (χ3n) is 3.15. The Bertz CT molecular complexity index is 815. The molecule has 0 spiro atoms. The number of pyridine rings is 1. The summed E-state index contributed by atoms with van der Waals surface area (Å²) in [6.45, 7) is 0. The highest BCUT2D eigenvalue weighted by molar-refractivity contribution is 14.1. The molecule has 3 nitrogen and oxygen atoms in total. The van der Waals surface area contributed by atoms with E-state index in [9.17, 15) is 0 Å². The maximum Gasteiger partial charge on any atom is 0.107 e. The van der Waals surface area contributed by atoms with Crippen LogP contribution in [0.2, 0.25) is 0 Å². The van der Waals surface area contributed by atoms with Crippen molar-refractivity contribution in [1.82, 2.24) is 4.98 Å². The summed E-state index contributed by atoms with van der Waals surface area (Å²) in [6.07, 6.45) is 1.72. The zero-order valence-electron chi connectivity index (χ0n) is 11.0. The van der Waals surface area contributed by atoms with Gasteiger partial charge in [0.1, 0.15) is 4.99 Å². The Hall–Kier alpha value is -1.73. The van der Waals surface area contributed by atoms with Crippen molar-refractivity contribution in [1.29, 1.82) is 0 Å². The second kappa shape index (κ2) is 5.95. The zero-order valence-corrected chi connectivity index (χ0v) is 14.0. The van der Waals surface area contributed by atoms with Gasteiger partial charge in [-0.25, -0.2) is 0 Å². The van der Waals surface area contributed by atoms with Crippen LogP contribution in [0, 0.1) is 3.57 Å². The molecule has 2 aromatic carbocycles. The van der Waals surface area contributed by atoms with Gasteiger partial charge in [-0.1, -0.05) is 30.4 Å². The van der Waals surface area contributed by atoms with Gasteiger partial charge in [0.2, 0.25) is 0 Å². The van der Waals surface area contributed by atoms with Crippen molar-refractivity contribution in [3.63, 3.8) is 0 Å². The highest BCUT2D eigenvalue weighted by Crippen LogP contribution is 2.29. The zero-order chi connectivity index (χ0) is 14.8. The molecule has 21 heavy (non-hydrogen) atoms. The molecule has 0 amide bonds. The van der Waals surface area contributed by atoms with Crippen LogP contribution in [0.25, 0.3) is 10.9 Å². The summed E-state index contributed by atoms with van der Waals surface area (Å²) >= 11 is 7.43. The van der Waals surface area contributed by atoms with E-state index in [-0.39, 0.29) is 0 Å². The molecule has 0 atom stereocenters. The van der Waals surface area contributed by atoms with Crippen molar-refractivity contribution in [2.24, 2.45) is 5.73 Å². The predicted molar refractivity (Wildman–Crippen MR) is 100 cm³/mol. The topological polar surface area (TPSA) is 50.9 Å². The monoisotopic (exact) mass is 405 g/mol. The van der Waals surface area contributed by atoms with Crippen LogP contribution >= 0.6 is 34.8 Å². The van der Waals surface area contributed by atoms with Crippen LogP contribution in [-0.4, -0.2) is 9.97 Å². The van der Waals surface area contributed by atoms with E-state index in [1.54, 1.807) is 6.20 Å². The molecule has 3 aromatic rings. The molecule has 1 heterocycles. The number of rotatable bonds is 3. The van der Waals surface area contributed by atoms with Gasteiger partial charge in [0, 0.05) is 20.8 Å². The fourth-order valence-electron chi connectivity index (χ4n) is 2.14. The standard InChI is InChI=1S/C16H12IN3S/c17-10-5-7-11(8-6-10)20-15-12-3-1-2-4-14(12)19-9-13(15)16(18)21/h1-9H,(H2,18,21)(H,19,20). The molecule has 0 unspecified atom stereocenters. The van der Waals surface area contributed by atoms with E-state index in [0.29, 0.717) is 4.99 Å². The first-order chi connectivity index (χ1) is 10.1. The van der Waals surface area contributed by atoms with E-state index in [0.717, 1.165) is 27.8 Å². The highest BCUT2D eigenvalue weighted by atomic mass is 127. The third kappa shape index (κ3) is 2.98. The van der Waals surface area contributed by atoms with E-state index >= 15 is 0 Å². The summed E-state index contributed by atoms with van der Waals surface area (Å²) in [6, 6.07) is 16.1. The second-order valence-corrected chi connectivity index (χ2v) is 6.25. The first-order valence-electron chi connectivity index (χ1n) is 6.35. The number of benzene rings is 2. The van der Waals surface area contributed by atoms with E-state index in [1.165, 1.54) is 3.57 Å². The normalized spacial score (nSPS) is 10.5. The molecule has 0 saturated heterocycles. The first kappa shape index (κ1) is 14.2. The molecule has 0 aliphatic rings. The fraction of sp³-hybridized carbons (Fsp3) is 0. The lowest BCUT2D eigenvalue weighted by molar-refractivity contribution is 1.38. The average Bonchev–Trinajstić information content (AvgIpc) is 2.49. The van der Waals surface area contributed by atoms with Gasteiger partial charge < -0.3 is 11.1 Å². The highest BCUT2D eigenvalue weighted by Gasteiger charge is 2.11. The van der Waals surface area contributed by atoms with Crippen LogP contribution < -0.4 is 11.1 Å².